The van der Waals surface area contributed by atoms with Crippen LogP contribution in [0.25, 0.3) is 11.0 Å². The monoisotopic (exact) mass is 470 g/mol. The van der Waals surface area contributed by atoms with E-state index in [9.17, 15) is 4.79 Å². The summed E-state index contributed by atoms with van der Waals surface area (Å²) in [6.45, 7) is 10.1. The van der Waals surface area contributed by atoms with E-state index < -0.39 is 0 Å². The van der Waals surface area contributed by atoms with Gasteiger partial charge in [-0.1, -0.05) is 43.8 Å². The number of amides is 1. The summed E-state index contributed by atoms with van der Waals surface area (Å²) in [4.78, 5) is 24.1. The molecule has 1 fully saturated rings. The number of aryl methyl sites for hydroxylation is 1. The van der Waals surface area contributed by atoms with Gasteiger partial charge in [0.05, 0.1) is 31.3 Å². The number of nitrogens with zero attached hydrogens (tertiary/aromatic N) is 5. The lowest BCUT2D eigenvalue weighted by molar-refractivity contribution is -0.123. The van der Waals surface area contributed by atoms with Gasteiger partial charge in [-0.05, 0) is 18.6 Å². The van der Waals surface area contributed by atoms with Crippen molar-refractivity contribution >= 4 is 34.5 Å². The molecule has 10 heteroatoms. The van der Waals surface area contributed by atoms with Crippen LogP contribution >= 0.6 is 11.8 Å². The topological polar surface area (TPSA) is 94.4 Å². The number of aromatic nitrogens is 4. The Morgan fingerprint density at radius 2 is 2.03 bits per heavy atom. The van der Waals surface area contributed by atoms with Crippen LogP contribution in [0.3, 0.4) is 0 Å². The van der Waals surface area contributed by atoms with E-state index in [-0.39, 0.29) is 12.5 Å². The van der Waals surface area contributed by atoms with Crippen LogP contribution in [0.1, 0.15) is 19.4 Å². The van der Waals surface area contributed by atoms with E-state index in [2.05, 4.69) is 29.2 Å². The first-order valence-corrected chi connectivity index (χ1v) is 12.1. The van der Waals surface area contributed by atoms with Crippen molar-refractivity contribution in [2.75, 3.05) is 44.4 Å². The highest BCUT2D eigenvalue weighted by atomic mass is 32.2. The zero-order valence-electron chi connectivity index (χ0n) is 19.3. The van der Waals surface area contributed by atoms with E-state index in [1.54, 1.807) is 11.8 Å². The summed E-state index contributed by atoms with van der Waals surface area (Å²) in [6, 6.07) is 7.64. The first kappa shape index (κ1) is 23.3. The molecule has 4 rings (SSSR count). The number of hydrogen-bond donors (Lipinski definition) is 1. The van der Waals surface area contributed by atoms with Crippen molar-refractivity contribution < 1.29 is 14.3 Å². The Hall–Kier alpha value is -2.85. The van der Waals surface area contributed by atoms with Crippen LogP contribution in [0.5, 0.6) is 5.75 Å². The molecule has 2 aromatic heterocycles. The largest absolute Gasteiger partial charge is 0.484 e. The van der Waals surface area contributed by atoms with Crippen molar-refractivity contribution in [2.24, 2.45) is 0 Å². The van der Waals surface area contributed by atoms with Crippen molar-refractivity contribution in [1.29, 1.82) is 0 Å². The van der Waals surface area contributed by atoms with Gasteiger partial charge in [-0.15, -0.1) is 0 Å². The second kappa shape index (κ2) is 10.8. The number of fused-ring (bicyclic) bond motifs is 1. The number of carbonyl (C=O) groups excluding carboxylic acids is 1. The number of carbonyl (C=O) groups is 1. The summed E-state index contributed by atoms with van der Waals surface area (Å²) in [5.41, 5.74) is 1.78. The van der Waals surface area contributed by atoms with Gasteiger partial charge in [0.25, 0.3) is 5.91 Å². The third-order valence-electron chi connectivity index (χ3n) is 5.21. The van der Waals surface area contributed by atoms with Crippen LogP contribution in [0, 0.1) is 6.92 Å². The van der Waals surface area contributed by atoms with E-state index >= 15 is 0 Å². The van der Waals surface area contributed by atoms with Crippen LogP contribution in [-0.2, 0) is 16.1 Å². The van der Waals surface area contributed by atoms with Crippen molar-refractivity contribution in [3.63, 3.8) is 0 Å². The Morgan fingerprint density at radius 1 is 1.24 bits per heavy atom. The molecular formula is C23H30N6O3S. The summed E-state index contributed by atoms with van der Waals surface area (Å²) >= 11 is 1.63. The number of thioether (sulfide) groups is 1. The Morgan fingerprint density at radius 3 is 2.79 bits per heavy atom. The Labute approximate surface area is 197 Å². The average Bonchev–Trinajstić information content (AvgIpc) is 3.21. The highest BCUT2D eigenvalue weighted by molar-refractivity contribution is 7.99. The standard InChI is InChI=1S/C23H30N6O3S/c1-16(2)33-23-26-21(28-10-12-31-13-11-28)18-14-25-29(22(18)27-23)9-8-24-20(30)15-32-19-7-5-4-6-17(19)3/h4-7,14,16H,8-13,15H2,1-3H3,(H,24,30). The molecule has 1 N–H and O–H groups in total. The molecule has 3 aromatic rings. The van der Waals surface area contributed by atoms with Crippen molar-refractivity contribution in [1.82, 2.24) is 25.1 Å². The molecule has 0 radical (unpaired) electrons. The zero-order chi connectivity index (χ0) is 23.2. The Bertz CT molecular complexity index is 1100. The van der Waals surface area contributed by atoms with Gasteiger partial charge >= 0.3 is 0 Å². The molecule has 0 unspecified atom stereocenters. The van der Waals surface area contributed by atoms with Crippen molar-refractivity contribution in [3.8, 4) is 5.75 Å². The van der Waals surface area contributed by atoms with Crippen molar-refractivity contribution in [2.45, 2.75) is 37.7 Å². The lowest BCUT2D eigenvalue weighted by atomic mass is 10.2. The lowest BCUT2D eigenvalue weighted by Gasteiger charge is -2.28. The summed E-state index contributed by atoms with van der Waals surface area (Å²) < 4.78 is 12.9. The fourth-order valence-corrected chi connectivity index (χ4v) is 4.28. The van der Waals surface area contributed by atoms with Gasteiger partial charge in [0.1, 0.15) is 11.6 Å². The Kier molecular flexibility index (Phi) is 7.66. The Balaban J connectivity index is 1.43. The highest BCUT2D eigenvalue weighted by Gasteiger charge is 2.20. The molecule has 1 aromatic carbocycles. The highest BCUT2D eigenvalue weighted by Crippen LogP contribution is 2.29. The molecule has 33 heavy (non-hydrogen) atoms. The third kappa shape index (κ3) is 5.94. The normalized spacial score (nSPS) is 14.1. The lowest BCUT2D eigenvalue weighted by Crippen LogP contribution is -2.37. The predicted molar refractivity (Wildman–Crippen MR) is 129 cm³/mol. The smallest absolute Gasteiger partial charge is 0.258 e. The minimum Gasteiger partial charge on any atom is -0.484 e. The van der Waals surface area contributed by atoms with Gasteiger partial charge in [0.15, 0.2) is 17.4 Å². The number of morpholine rings is 1. The second-order valence-corrected chi connectivity index (χ2v) is 9.65. The minimum absolute atomic E-state index is 0.0246. The SMILES string of the molecule is Cc1ccccc1OCC(=O)NCCn1ncc2c(N3CCOCC3)nc(SC(C)C)nc21. The third-order valence-corrected chi connectivity index (χ3v) is 6.07. The summed E-state index contributed by atoms with van der Waals surface area (Å²) in [7, 11) is 0. The van der Waals surface area contributed by atoms with Crippen LogP contribution in [0.2, 0.25) is 0 Å². The second-order valence-electron chi connectivity index (χ2n) is 8.10. The first-order chi connectivity index (χ1) is 16.0. The van der Waals surface area contributed by atoms with E-state index in [1.165, 1.54) is 0 Å². The molecule has 0 spiro atoms. The molecule has 1 saturated heterocycles. The number of hydrogen-bond acceptors (Lipinski definition) is 8. The van der Waals surface area contributed by atoms with Gasteiger partial charge in [0, 0.05) is 24.9 Å². The minimum atomic E-state index is -0.172. The quantitative estimate of drug-likeness (QED) is 0.377. The predicted octanol–water partition coefficient (Wildman–Crippen LogP) is 2.67. The molecule has 176 valence electrons. The molecule has 3 heterocycles. The van der Waals surface area contributed by atoms with Crippen molar-refractivity contribution in [3.05, 3.63) is 36.0 Å². The molecule has 0 atom stereocenters. The van der Waals surface area contributed by atoms with E-state index in [0.29, 0.717) is 37.3 Å². The van der Waals surface area contributed by atoms with Crippen LogP contribution in [0.4, 0.5) is 5.82 Å². The van der Waals surface area contributed by atoms with Gasteiger partial charge in [-0.3, -0.25) is 4.79 Å². The van der Waals surface area contributed by atoms with E-state index in [4.69, 9.17) is 19.4 Å². The maximum absolute atomic E-state index is 12.2. The summed E-state index contributed by atoms with van der Waals surface area (Å²) in [5.74, 6) is 1.44. The molecule has 0 saturated carbocycles. The van der Waals surface area contributed by atoms with Gasteiger partial charge in [-0.25, -0.2) is 14.6 Å². The number of benzene rings is 1. The van der Waals surface area contributed by atoms with Gasteiger partial charge < -0.3 is 19.7 Å². The fourth-order valence-electron chi connectivity index (χ4n) is 3.58. The first-order valence-electron chi connectivity index (χ1n) is 11.2. The molecule has 9 nitrogen and oxygen atoms in total. The van der Waals surface area contributed by atoms with Crippen LogP contribution in [0.15, 0.2) is 35.6 Å². The maximum atomic E-state index is 12.2. The molecular weight excluding hydrogens is 440 g/mol. The summed E-state index contributed by atoms with van der Waals surface area (Å²) in [6.07, 6.45) is 1.81. The van der Waals surface area contributed by atoms with E-state index in [1.807, 2.05) is 42.1 Å². The number of ether oxygens (including phenoxy) is 2. The van der Waals surface area contributed by atoms with Gasteiger partial charge in [-0.2, -0.15) is 5.10 Å². The van der Waals surface area contributed by atoms with E-state index in [0.717, 1.165) is 40.7 Å². The van der Waals surface area contributed by atoms with Crippen LogP contribution in [-0.4, -0.2) is 70.4 Å². The maximum Gasteiger partial charge on any atom is 0.258 e. The zero-order valence-corrected chi connectivity index (χ0v) is 20.1. The average molecular weight is 471 g/mol. The number of para-hydroxylation sites is 1. The number of nitrogens with one attached hydrogen (secondary N) is 1. The van der Waals surface area contributed by atoms with Crippen LogP contribution < -0.4 is 15.0 Å². The molecule has 1 aliphatic heterocycles. The van der Waals surface area contributed by atoms with Gasteiger partial charge in [0.2, 0.25) is 0 Å². The molecule has 1 amide bonds. The number of rotatable bonds is 9. The summed E-state index contributed by atoms with van der Waals surface area (Å²) in [5, 5.41) is 9.45. The number of anilines is 1. The molecule has 0 aliphatic carbocycles. The fraction of sp³-hybridized carbons (Fsp3) is 0.478. The molecule has 0 bridgehead atoms. The molecule has 1 aliphatic rings.